The van der Waals surface area contributed by atoms with Crippen molar-refractivity contribution < 1.29 is 5.11 Å². The van der Waals surface area contributed by atoms with Crippen molar-refractivity contribution in [1.82, 2.24) is 9.88 Å². The smallest absolute Gasteiger partial charge is 0.116 e. The summed E-state index contributed by atoms with van der Waals surface area (Å²) < 4.78 is 0. The predicted molar refractivity (Wildman–Crippen MR) is 69.5 cm³/mol. The van der Waals surface area contributed by atoms with Gasteiger partial charge in [-0.25, -0.2) is 0 Å². The van der Waals surface area contributed by atoms with Gasteiger partial charge >= 0.3 is 0 Å². The van der Waals surface area contributed by atoms with Crippen LogP contribution in [0.15, 0.2) is 18.2 Å². The molecule has 1 heterocycles. The Labute approximate surface area is 101 Å². The summed E-state index contributed by atoms with van der Waals surface area (Å²) in [6.07, 6.45) is 3.39. The molecule has 0 amide bonds. The maximum absolute atomic E-state index is 9.60. The number of aryl methyl sites for hydroxylation is 1. The van der Waals surface area contributed by atoms with Crippen molar-refractivity contribution in [3.8, 4) is 5.75 Å². The molecule has 0 bridgehead atoms. The van der Waals surface area contributed by atoms with Crippen LogP contribution in [0.2, 0.25) is 0 Å². The maximum atomic E-state index is 9.60. The van der Waals surface area contributed by atoms with Gasteiger partial charge in [0.15, 0.2) is 0 Å². The van der Waals surface area contributed by atoms with E-state index in [4.69, 9.17) is 0 Å². The third-order valence-corrected chi connectivity index (χ3v) is 3.88. The number of likely N-dealkylation sites (N-methyl/N-ethyl adjacent to an activating group) is 1. The molecule has 0 saturated heterocycles. The van der Waals surface area contributed by atoms with Gasteiger partial charge in [0, 0.05) is 22.6 Å². The number of fused-ring (bicyclic) bond motifs is 3. The molecule has 1 aromatic carbocycles. The highest BCUT2D eigenvalue weighted by atomic mass is 16.3. The maximum Gasteiger partial charge on any atom is 0.116 e. The summed E-state index contributed by atoms with van der Waals surface area (Å²) in [5.41, 5.74) is 3.89. The number of phenols is 1. The molecule has 0 radical (unpaired) electrons. The van der Waals surface area contributed by atoms with Gasteiger partial charge in [0.2, 0.25) is 0 Å². The average molecular weight is 230 g/mol. The molecule has 1 atom stereocenters. The van der Waals surface area contributed by atoms with Gasteiger partial charge in [-0.3, -0.25) is 0 Å². The zero-order chi connectivity index (χ0) is 12.0. The second kappa shape index (κ2) is 3.77. The van der Waals surface area contributed by atoms with E-state index in [1.807, 2.05) is 12.1 Å². The average Bonchev–Trinajstić information content (AvgIpc) is 2.66. The number of aromatic nitrogens is 1. The van der Waals surface area contributed by atoms with Crippen molar-refractivity contribution in [3.05, 3.63) is 29.5 Å². The van der Waals surface area contributed by atoms with Crippen LogP contribution < -0.4 is 0 Å². The lowest BCUT2D eigenvalue weighted by atomic mass is 9.91. The number of H-pyrrole nitrogens is 1. The number of nitrogens with one attached hydrogen (secondary N) is 1. The summed E-state index contributed by atoms with van der Waals surface area (Å²) in [6.45, 7) is 0. The van der Waals surface area contributed by atoms with Gasteiger partial charge in [-0.05, 0) is 57.1 Å². The monoisotopic (exact) mass is 230 g/mol. The molecule has 0 aliphatic heterocycles. The number of benzene rings is 1. The van der Waals surface area contributed by atoms with Gasteiger partial charge in [-0.2, -0.15) is 0 Å². The summed E-state index contributed by atoms with van der Waals surface area (Å²) in [7, 11) is 4.28. The Morgan fingerprint density at radius 2 is 2.18 bits per heavy atom. The minimum atomic E-state index is 0.353. The van der Waals surface area contributed by atoms with Crippen LogP contribution >= 0.6 is 0 Å². The number of aromatic amines is 1. The molecule has 2 aromatic rings. The fourth-order valence-electron chi connectivity index (χ4n) is 2.83. The van der Waals surface area contributed by atoms with Gasteiger partial charge in [0.1, 0.15) is 5.75 Å². The molecular weight excluding hydrogens is 212 g/mol. The second-order valence-corrected chi connectivity index (χ2v) is 5.17. The molecule has 2 N–H and O–H groups in total. The normalized spacial score (nSPS) is 19.8. The van der Waals surface area contributed by atoms with Crippen molar-refractivity contribution in [2.24, 2.45) is 0 Å². The minimum Gasteiger partial charge on any atom is -0.508 e. The van der Waals surface area contributed by atoms with E-state index >= 15 is 0 Å². The van der Waals surface area contributed by atoms with Crippen LogP contribution in [0.4, 0.5) is 0 Å². The Morgan fingerprint density at radius 3 is 2.94 bits per heavy atom. The van der Waals surface area contributed by atoms with Gasteiger partial charge in [-0.15, -0.1) is 0 Å². The third-order valence-electron chi connectivity index (χ3n) is 3.88. The van der Waals surface area contributed by atoms with Crippen LogP contribution in [-0.2, 0) is 12.8 Å². The molecule has 17 heavy (non-hydrogen) atoms. The zero-order valence-electron chi connectivity index (χ0n) is 10.3. The summed E-state index contributed by atoms with van der Waals surface area (Å²) in [4.78, 5) is 5.77. The standard InChI is InChI=1S/C14H18N2O/c1-16(2)9-3-5-13-11(7-9)12-8-10(17)4-6-14(12)15-13/h4,6,8-9,15,17H,3,5,7H2,1-2H3/t9-/m0/s1. The van der Waals surface area contributed by atoms with E-state index in [9.17, 15) is 5.11 Å². The number of hydrogen-bond donors (Lipinski definition) is 2. The first-order valence-electron chi connectivity index (χ1n) is 6.14. The first-order chi connectivity index (χ1) is 8.15. The molecule has 1 aromatic heterocycles. The summed E-state index contributed by atoms with van der Waals surface area (Å²) in [6, 6.07) is 6.20. The molecule has 0 saturated carbocycles. The number of hydrogen-bond acceptors (Lipinski definition) is 2. The lowest BCUT2D eigenvalue weighted by molar-refractivity contribution is 0.268. The van der Waals surface area contributed by atoms with Crippen molar-refractivity contribution >= 4 is 10.9 Å². The fourth-order valence-corrected chi connectivity index (χ4v) is 2.83. The first-order valence-corrected chi connectivity index (χ1v) is 6.14. The molecule has 0 spiro atoms. The number of rotatable bonds is 1. The molecule has 90 valence electrons. The van der Waals surface area contributed by atoms with E-state index < -0.39 is 0 Å². The van der Waals surface area contributed by atoms with E-state index in [0.29, 0.717) is 11.8 Å². The van der Waals surface area contributed by atoms with Crippen molar-refractivity contribution in [2.75, 3.05) is 14.1 Å². The van der Waals surface area contributed by atoms with Crippen LogP contribution in [0.1, 0.15) is 17.7 Å². The molecule has 3 nitrogen and oxygen atoms in total. The van der Waals surface area contributed by atoms with Gasteiger partial charge in [0.25, 0.3) is 0 Å². The highest BCUT2D eigenvalue weighted by molar-refractivity contribution is 5.86. The van der Waals surface area contributed by atoms with E-state index in [0.717, 1.165) is 18.4 Å². The Bertz CT molecular complexity index is 557. The van der Waals surface area contributed by atoms with Crippen LogP contribution in [0.5, 0.6) is 5.75 Å². The number of nitrogens with zero attached hydrogens (tertiary/aromatic N) is 1. The lowest BCUT2D eigenvalue weighted by Gasteiger charge is -2.28. The largest absolute Gasteiger partial charge is 0.508 e. The second-order valence-electron chi connectivity index (χ2n) is 5.17. The van der Waals surface area contributed by atoms with Gasteiger partial charge in [-0.1, -0.05) is 0 Å². The molecular formula is C14H18N2O. The zero-order valence-corrected chi connectivity index (χ0v) is 10.3. The van der Waals surface area contributed by atoms with Crippen molar-refractivity contribution in [2.45, 2.75) is 25.3 Å². The molecule has 0 fully saturated rings. The number of aromatic hydroxyl groups is 1. The van der Waals surface area contributed by atoms with Crippen LogP contribution in [-0.4, -0.2) is 35.1 Å². The fraction of sp³-hybridized carbons (Fsp3) is 0.429. The highest BCUT2D eigenvalue weighted by Crippen LogP contribution is 2.32. The van der Waals surface area contributed by atoms with Gasteiger partial charge in [0.05, 0.1) is 0 Å². The Morgan fingerprint density at radius 1 is 1.35 bits per heavy atom. The lowest BCUT2D eigenvalue weighted by Crippen LogP contribution is -2.33. The Hall–Kier alpha value is -1.48. The predicted octanol–water partition coefficient (Wildman–Crippen LogP) is 2.29. The van der Waals surface area contributed by atoms with Crippen LogP contribution in [0.25, 0.3) is 10.9 Å². The molecule has 1 aliphatic carbocycles. The topological polar surface area (TPSA) is 39.3 Å². The van der Waals surface area contributed by atoms with E-state index in [-0.39, 0.29) is 0 Å². The SMILES string of the molecule is CN(C)[C@H]1CCc2[nH]c3ccc(O)cc3c2C1. The molecule has 0 unspecified atom stereocenters. The summed E-state index contributed by atoms with van der Waals surface area (Å²) in [5.74, 6) is 0.353. The summed E-state index contributed by atoms with van der Waals surface area (Å²) in [5, 5.41) is 10.8. The van der Waals surface area contributed by atoms with Gasteiger partial charge < -0.3 is 15.0 Å². The van der Waals surface area contributed by atoms with Crippen molar-refractivity contribution in [1.29, 1.82) is 0 Å². The van der Waals surface area contributed by atoms with E-state index in [1.54, 1.807) is 6.07 Å². The molecule has 3 rings (SSSR count). The van der Waals surface area contributed by atoms with E-state index in [1.165, 1.54) is 23.1 Å². The molecule has 1 aliphatic rings. The minimum absolute atomic E-state index is 0.353. The Balaban J connectivity index is 2.10. The first kappa shape index (κ1) is 10.7. The van der Waals surface area contributed by atoms with Crippen LogP contribution in [0, 0.1) is 0 Å². The quantitative estimate of drug-likeness (QED) is 0.789. The van der Waals surface area contributed by atoms with Crippen molar-refractivity contribution in [3.63, 3.8) is 0 Å². The van der Waals surface area contributed by atoms with Crippen LogP contribution in [0.3, 0.4) is 0 Å². The number of phenolic OH excluding ortho intramolecular Hbond substituents is 1. The van der Waals surface area contributed by atoms with E-state index in [2.05, 4.69) is 24.0 Å². The Kier molecular flexibility index (Phi) is 2.37. The molecule has 3 heteroatoms. The third kappa shape index (κ3) is 1.71. The summed E-state index contributed by atoms with van der Waals surface area (Å²) >= 11 is 0. The highest BCUT2D eigenvalue weighted by Gasteiger charge is 2.23.